The van der Waals surface area contributed by atoms with Crippen LogP contribution < -0.4 is 4.74 Å². The minimum atomic E-state index is -1.27. The van der Waals surface area contributed by atoms with Crippen LogP contribution in [0.1, 0.15) is 100 Å². The fourth-order valence-corrected chi connectivity index (χ4v) is 4.86. The van der Waals surface area contributed by atoms with Gasteiger partial charge in [-0.2, -0.15) is 0 Å². The van der Waals surface area contributed by atoms with Crippen molar-refractivity contribution in [1.82, 2.24) is 0 Å². The summed E-state index contributed by atoms with van der Waals surface area (Å²) < 4.78 is 4.50. The molecular formula is C23H31Cl7O3. The first kappa shape index (κ1) is 31.5. The van der Waals surface area contributed by atoms with Gasteiger partial charge in [-0.25, -0.2) is 4.79 Å². The third-order valence-electron chi connectivity index (χ3n) is 5.29. The van der Waals surface area contributed by atoms with Crippen LogP contribution in [0.15, 0.2) is 0 Å². The first-order valence-corrected chi connectivity index (χ1v) is 14.0. The lowest BCUT2D eigenvalue weighted by atomic mass is 10.0. The Morgan fingerprint density at radius 2 is 1.03 bits per heavy atom. The molecule has 0 saturated carbocycles. The maximum Gasteiger partial charge on any atom is 0.341 e. The van der Waals surface area contributed by atoms with Crippen LogP contribution in [0.2, 0.25) is 20.1 Å². The number of rotatable bonds is 17. The fraction of sp³-hybridized carbons (Fsp3) is 0.696. The van der Waals surface area contributed by atoms with Gasteiger partial charge in [0.1, 0.15) is 10.6 Å². The Morgan fingerprint density at radius 3 is 1.45 bits per heavy atom. The van der Waals surface area contributed by atoms with Crippen molar-refractivity contribution in [3.05, 3.63) is 25.7 Å². The number of hydrogen-bond donors (Lipinski definition) is 1. The molecule has 0 aliphatic rings. The zero-order valence-corrected chi connectivity index (χ0v) is 23.8. The fourth-order valence-electron chi connectivity index (χ4n) is 3.48. The van der Waals surface area contributed by atoms with E-state index < -0.39 is 9.76 Å². The van der Waals surface area contributed by atoms with Gasteiger partial charge < -0.3 is 9.84 Å². The highest BCUT2D eigenvalue weighted by Gasteiger charge is 2.26. The number of carboxylic acids is 1. The second kappa shape index (κ2) is 17.1. The van der Waals surface area contributed by atoms with Gasteiger partial charge in [-0.1, -0.05) is 152 Å². The Bertz CT molecular complexity index is 736. The molecule has 0 atom stereocenters. The summed E-state index contributed by atoms with van der Waals surface area (Å²) in [6, 6.07) is 0. The predicted octanol–water partition coefficient (Wildman–Crippen LogP) is 11.2. The van der Waals surface area contributed by atoms with Gasteiger partial charge in [-0.05, 0) is 19.3 Å². The van der Waals surface area contributed by atoms with E-state index >= 15 is 0 Å². The van der Waals surface area contributed by atoms with Crippen molar-refractivity contribution in [2.75, 3.05) is 6.61 Å². The summed E-state index contributed by atoms with van der Waals surface area (Å²) in [5.41, 5.74) is -0.265. The average Bonchev–Trinajstić information content (AvgIpc) is 2.74. The molecule has 10 heteroatoms. The summed E-state index contributed by atoms with van der Waals surface area (Å²) >= 11 is 41.3. The first-order valence-electron chi connectivity index (χ1n) is 11.3. The lowest BCUT2D eigenvalue weighted by Gasteiger charge is -2.15. The summed E-state index contributed by atoms with van der Waals surface area (Å²) in [7, 11) is 0. The van der Waals surface area contributed by atoms with Crippen molar-refractivity contribution in [2.24, 2.45) is 0 Å². The smallest absolute Gasteiger partial charge is 0.341 e. The van der Waals surface area contributed by atoms with Gasteiger partial charge in [0.2, 0.25) is 0 Å². The van der Waals surface area contributed by atoms with Crippen molar-refractivity contribution in [3.63, 3.8) is 0 Å². The highest BCUT2D eigenvalue weighted by molar-refractivity contribution is 6.67. The molecule has 33 heavy (non-hydrogen) atoms. The molecule has 190 valence electrons. The number of carboxylic acid groups (broad SMARTS) is 1. The normalized spacial score (nSPS) is 11.7. The van der Waals surface area contributed by atoms with Crippen LogP contribution >= 0.6 is 81.2 Å². The van der Waals surface area contributed by atoms with Gasteiger partial charge >= 0.3 is 5.97 Å². The summed E-state index contributed by atoms with van der Waals surface area (Å²) in [5.74, 6) is -1.30. The molecule has 0 unspecified atom stereocenters. The molecule has 0 heterocycles. The van der Waals surface area contributed by atoms with Crippen LogP contribution in [0.4, 0.5) is 0 Å². The lowest BCUT2D eigenvalue weighted by molar-refractivity contribution is 0.0692. The molecular weight excluding hydrogens is 572 g/mol. The van der Waals surface area contributed by atoms with Gasteiger partial charge in [0.25, 0.3) is 0 Å². The average molecular weight is 604 g/mol. The highest BCUT2D eigenvalue weighted by Crippen LogP contribution is 2.45. The second-order valence-corrected chi connectivity index (χ2v) is 12.1. The Balaban J connectivity index is 2.08. The quantitative estimate of drug-likeness (QED) is 0.0834. The van der Waals surface area contributed by atoms with Gasteiger partial charge in [0.05, 0.1) is 21.7 Å². The van der Waals surface area contributed by atoms with E-state index in [1.165, 1.54) is 51.4 Å². The van der Waals surface area contributed by atoms with E-state index in [-0.39, 0.29) is 31.4 Å². The molecule has 0 aromatic heterocycles. The number of alkyl halides is 3. The van der Waals surface area contributed by atoms with Gasteiger partial charge in [-0.15, -0.1) is 0 Å². The van der Waals surface area contributed by atoms with E-state index in [1.807, 2.05) is 0 Å². The van der Waals surface area contributed by atoms with Crippen LogP contribution in [0.3, 0.4) is 0 Å². The SMILES string of the molecule is O=C(O)c1c(Cl)c(Cl)c(Cl)c(Cl)c1OCCCCCCCCCCCCCCCC(Cl)(Cl)Cl. The lowest BCUT2D eigenvalue weighted by Crippen LogP contribution is -2.07. The van der Waals surface area contributed by atoms with E-state index in [2.05, 4.69) is 0 Å². The monoisotopic (exact) mass is 600 g/mol. The van der Waals surface area contributed by atoms with E-state index in [4.69, 9.17) is 85.9 Å². The third-order valence-corrected chi connectivity index (χ3v) is 7.64. The zero-order chi connectivity index (χ0) is 24.9. The first-order chi connectivity index (χ1) is 15.6. The van der Waals surface area contributed by atoms with Crippen molar-refractivity contribution in [2.45, 2.75) is 93.7 Å². The summed E-state index contributed by atoms with van der Waals surface area (Å²) in [5, 5.41) is 9.09. The number of unbranched alkanes of at least 4 members (excludes halogenated alkanes) is 12. The molecule has 1 aromatic carbocycles. The zero-order valence-electron chi connectivity index (χ0n) is 18.5. The molecule has 0 spiro atoms. The molecule has 1 rings (SSSR count). The van der Waals surface area contributed by atoms with Crippen LogP contribution in [0.25, 0.3) is 0 Å². The number of aromatic carboxylic acids is 1. The number of carbonyl (C=O) groups is 1. The molecule has 0 amide bonds. The summed E-state index contributed by atoms with van der Waals surface area (Å²) in [4.78, 5) is 11.5. The van der Waals surface area contributed by atoms with Crippen molar-refractivity contribution in [1.29, 1.82) is 0 Å². The number of hydrogen-bond acceptors (Lipinski definition) is 2. The second-order valence-electron chi connectivity index (χ2n) is 8.08. The van der Waals surface area contributed by atoms with Gasteiger partial charge in [0.15, 0.2) is 9.54 Å². The molecule has 0 aliphatic carbocycles. The predicted molar refractivity (Wildman–Crippen MR) is 144 cm³/mol. The Morgan fingerprint density at radius 1 is 0.636 bits per heavy atom. The van der Waals surface area contributed by atoms with E-state index in [1.54, 1.807) is 0 Å². The van der Waals surface area contributed by atoms with Crippen molar-refractivity contribution >= 4 is 87.2 Å². The Kier molecular flexibility index (Phi) is 16.3. The largest absolute Gasteiger partial charge is 0.491 e. The van der Waals surface area contributed by atoms with Crippen LogP contribution in [0, 0.1) is 0 Å². The molecule has 0 aliphatic heterocycles. The van der Waals surface area contributed by atoms with E-state index in [0.29, 0.717) is 13.0 Å². The number of ether oxygens (including phenoxy) is 1. The molecule has 0 bridgehead atoms. The Hall–Kier alpha value is 0.520. The maximum atomic E-state index is 11.5. The van der Waals surface area contributed by atoms with E-state index in [9.17, 15) is 9.90 Å². The van der Waals surface area contributed by atoms with Crippen LogP contribution in [-0.4, -0.2) is 21.5 Å². The summed E-state index contributed by atoms with van der Waals surface area (Å²) in [6.07, 6.45) is 15.5. The minimum absolute atomic E-state index is 0.0108. The van der Waals surface area contributed by atoms with Crippen LogP contribution in [0.5, 0.6) is 5.75 Å². The molecule has 0 saturated heterocycles. The van der Waals surface area contributed by atoms with Gasteiger partial charge in [-0.3, -0.25) is 0 Å². The highest BCUT2D eigenvalue weighted by atomic mass is 35.6. The maximum absolute atomic E-state index is 11.5. The molecule has 1 N–H and O–H groups in total. The molecule has 3 nitrogen and oxygen atoms in total. The summed E-state index contributed by atoms with van der Waals surface area (Å²) in [6.45, 7) is 0.329. The van der Waals surface area contributed by atoms with E-state index in [0.717, 1.165) is 32.1 Å². The third kappa shape index (κ3) is 12.9. The topological polar surface area (TPSA) is 46.5 Å². The standard InChI is InChI=1S/C23H31Cl7O3/c24-17-16(22(31)32)21(20(27)19(26)18(17)25)33-15-13-11-9-7-5-3-1-2-4-6-8-10-12-14-23(28,29)30/h1-15H2,(H,31,32). The van der Waals surface area contributed by atoms with Crippen molar-refractivity contribution < 1.29 is 14.6 Å². The molecule has 1 aromatic rings. The molecule has 0 fully saturated rings. The van der Waals surface area contributed by atoms with Crippen LogP contribution in [-0.2, 0) is 0 Å². The minimum Gasteiger partial charge on any atom is -0.491 e. The molecule has 0 radical (unpaired) electrons. The Labute approximate surface area is 232 Å². The van der Waals surface area contributed by atoms with Crippen molar-refractivity contribution in [3.8, 4) is 5.75 Å². The number of halogens is 7. The van der Waals surface area contributed by atoms with Gasteiger partial charge in [0, 0.05) is 0 Å². The number of benzene rings is 1.